The minimum atomic E-state index is -0.453. The summed E-state index contributed by atoms with van der Waals surface area (Å²) in [6, 6.07) is 29.8. The maximum Gasteiger partial charge on any atom is 0.270 e. The molecule has 4 heterocycles. The van der Waals surface area contributed by atoms with E-state index in [-0.39, 0.29) is 23.5 Å². The predicted molar refractivity (Wildman–Crippen MR) is 206 cm³/mol. The van der Waals surface area contributed by atoms with E-state index in [9.17, 15) is 19.7 Å². The summed E-state index contributed by atoms with van der Waals surface area (Å²) < 4.78 is 7.44. The van der Waals surface area contributed by atoms with Crippen molar-refractivity contribution in [3.8, 4) is 11.3 Å². The summed E-state index contributed by atoms with van der Waals surface area (Å²) in [6.07, 6.45) is 2.44. The molecule has 1 unspecified atom stereocenters. The van der Waals surface area contributed by atoms with Crippen LogP contribution in [0.1, 0.15) is 43.1 Å². The smallest absolute Gasteiger partial charge is 0.270 e. The molecular weight excluding hydrogens is 683 g/mol. The van der Waals surface area contributed by atoms with Crippen LogP contribution in [0.15, 0.2) is 103 Å². The van der Waals surface area contributed by atoms with Gasteiger partial charge in [0.1, 0.15) is 0 Å². The number of carbonyl (C=O) groups excluding carboxylic acids is 2. The van der Waals surface area contributed by atoms with Gasteiger partial charge in [0, 0.05) is 85.0 Å². The highest BCUT2D eigenvalue weighted by atomic mass is 16.6. The van der Waals surface area contributed by atoms with Crippen LogP contribution in [0.25, 0.3) is 22.2 Å². The van der Waals surface area contributed by atoms with Gasteiger partial charge in [0.15, 0.2) is 0 Å². The monoisotopic (exact) mass is 723 g/mol. The second kappa shape index (κ2) is 14.7. The first-order chi connectivity index (χ1) is 26.2. The SMILES string of the molecule is Cc1c(C(=O)N(Cc2ccccc2)c2ccc3cn[nH]c3c2)cc(-c2cc([N+](=O)[O-])ccc2C(=O)N2Cc3ccccc3CC2CN2CCOCC2)n1C. The molecule has 8 rings (SSSR count). The Morgan fingerprint density at radius 1 is 0.944 bits per heavy atom. The third kappa shape index (κ3) is 6.77. The number of carbonyl (C=O) groups is 2. The largest absolute Gasteiger partial charge is 0.379 e. The number of non-ortho nitro benzene ring substituents is 1. The number of morpholine rings is 1. The number of nitrogens with one attached hydrogen (secondary N) is 1. The Kier molecular flexibility index (Phi) is 9.53. The van der Waals surface area contributed by atoms with Gasteiger partial charge in [0.2, 0.25) is 0 Å². The Balaban J connectivity index is 1.19. The number of nitro benzene ring substituents is 1. The van der Waals surface area contributed by atoms with Crippen molar-refractivity contribution in [2.75, 3.05) is 37.7 Å². The molecule has 2 aliphatic heterocycles. The number of aromatic nitrogens is 3. The lowest BCUT2D eigenvalue weighted by molar-refractivity contribution is -0.384. The van der Waals surface area contributed by atoms with E-state index in [0.717, 1.165) is 35.1 Å². The zero-order chi connectivity index (χ0) is 37.3. The van der Waals surface area contributed by atoms with E-state index in [1.165, 1.54) is 17.7 Å². The van der Waals surface area contributed by atoms with Crippen molar-refractivity contribution in [3.63, 3.8) is 0 Å². The molecule has 0 saturated carbocycles. The van der Waals surface area contributed by atoms with Crippen molar-refractivity contribution >= 4 is 34.1 Å². The van der Waals surface area contributed by atoms with Crippen LogP contribution in [-0.4, -0.2) is 80.2 Å². The Labute approximate surface area is 312 Å². The molecule has 1 fully saturated rings. The molecule has 12 heteroatoms. The van der Waals surface area contributed by atoms with E-state index in [2.05, 4.69) is 27.2 Å². The maximum absolute atomic E-state index is 14.9. The number of fused-ring (bicyclic) bond motifs is 2. The first-order valence-corrected chi connectivity index (χ1v) is 18.2. The number of benzene rings is 4. The first-order valence-electron chi connectivity index (χ1n) is 18.2. The van der Waals surface area contributed by atoms with Gasteiger partial charge in [-0.25, -0.2) is 0 Å². The first kappa shape index (κ1) is 34.9. The summed E-state index contributed by atoms with van der Waals surface area (Å²) in [4.78, 5) is 47.3. The molecular formula is C42H41N7O5. The molecule has 2 aliphatic rings. The van der Waals surface area contributed by atoms with Gasteiger partial charge in [0.25, 0.3) is 17.5 Å². The Morgan fingerprint density at radius 2 is 1.70 bits per heavy atom. The fourth-order valence-corrected chi connectivity index (χ4v) is 7.73. The molecule has 0 aliphatic carbocycles. The number of hydrogen-bond acceptors (Lipinski definition) is 7. The van der Waals surface area contributed by atoms with E-state index in [1.807, 2.05) is 84.1 Å². The van der Waals surface area contributed by atoms with Gasteiger partial charge in [-0.15, -0.1) is 0 Å². The minimum absolute atomic E-state index is 0.111. The molecule has 0 radical (unpaired) electrons. The molecule has 0 spiro atoms. The summed E-state index contributed by atoms with van der Waals surface area (Å²) in [5.41, 5.74) is 6.98. The van der Waals surface area contributed by atoms with Gasteiger partial charge in [-0.1, -0.05) is 54.6 Å². The van der Waals surface area contributed by atoms with E-state index in [1.54, 1.807) is 23.2 Å². The highest BCUT2D eigenvalue weighted by Crippen LogP contribution is 2.35. The van der Waals surface area contributed by atoms with Crippen LogP contribution in [0, 0.1) is 17.0 Å². The fraction of sp³-hybridized carbons (Fsp3) is 0.262. The highest BCUT2D eigenvalue weighted by Gasteiger charge is 2.34. The number of H-pyrrole nitrogens is 1. The predicted octanol–water partition coefficient (Wildman–Crippen LogP) is 6.53. The van der Waals surface area contributed by atoms with Crippen molar-refractivity contribution in [2.45, 2.75) is 32.5 Å². The van der Waals surface area contributed by atoms with Crippen LogP contribution < -0.4 is 4.90 Å². The number of nitrogens with zero attached hydrogens (tertiary/aromatic N) is 6. The summed E-state index contributed by atoms with van der Waals surface area (Å²) >= 11 is 0. The van der Waals surface area contributed by atoms with Crippen LogP contribution in [0.5, 0.6) is 0 Å². The van der Waals surface area contributed by atoms with Gasteiger partial charge < -0.3 is 19.1 Å². The molecule has 0 bridgehead atoms. The molecule has 12 nitrogen and oxygen atoms in total. The van der Waals surface area contributed by atoms with E-state index >= 15 is 0 Å². The number of ether oxygens (including phenoxy) is 1. The minimum Gasteiger partial charge on any atom is -0.379 e. The standard InChI is InChI=1S/C42H41N7O5/c1-28-37(42(51)47(25-29-8-4-3-5-9-29)33-13-12-31-24-43-44-39(31)22-33)23-40(45(28)2)38-21-34(49(52)53)14-15-36(38)41(50)48-26-32-11-7-6-10-30(32)20-35(48)27-46-16-18-54-19-17-46/h3-15,21-24,35H,16-20,25-27H2,1-2H3,(H,43,44). The van der Waals surface area contributed by atoms with Crippen LogP contribution >= 0.6 is 0 Å². The maximum atomic E-state index is 14.9. The van der Waals surface area contributed by atoms with Crippen LogP contribution in [0.2, 0.25) is 0 Å². The zero-order valence-electron chi connectivity index (χ0n) is 30.3. The molecule has 2 amide bonds. The van der Waals surface area contributed by atoms with E-state index in [4.69, 9.17) is 4.74 Å². The molecule has 2 aromatic heterocycles. The number of anilines is 1. The summed E-state index contributed by atoms with van der Waals surface area (Å²) in [5.74, 6) is -0.452. The Hall–Kier alpha value is -6.11. The average molecular weight is 724 g/mol. The summed E-state index contributed by atoms with van der Waals surface area (Å²) in [5, 5.41) is 20.2. The Morgan fingerprint density at radius 3 is 2.48 bits per heavy atom. The normalized spacial score (nSPS) is 16.0. The van der Waals surface area contributed by atoms with Gasteiger partial charge in [0.05, 0.1) is 42.0 Å². The Bertz CT molecular complexity index is 2360. The number of nitro groups is 1. The molecule has 54 heavy (non-hydrogen) atoms. The fourth-order valence-electron chi connectivity index (χ4n) is 7.73. The highest BCUT2D eigenvalue weighted by molar-refractivity contribution is 6.09. The zero-order valence-corrected chi connectivity index (χ0v) is 30.3. The second-order valence-electron chi connectivity index (χ2n) is 14.1. The van der Waals surface area contributed by atoms with E-state index in [0.29, 0.717) is 73.0 Å². The lowest BCUT2D eigenvalue weighted by Crippen LogP contribution is -2.52. The van der Waals surface area contributed by atoms with Crippen molar-refractivity contribution in [1.82, 2.24) is 24.6 Å². The number of rotatable bonds is 9. The van der Waals surface area contributed by atoms with Crippen molar-refractivity contribution in [1.29, 1.82) is 0 Å². The van der Waals surface area contributed by atoms with Crippen LogP contribution in [0.4, 0.5) is 11.4 Å². The van der Waals surface area contributed by atoms with Gasteiger partial charge in [-0.2, -0.15) is 5.10 Å². The van der Waals surface area contributed by atoms with Crippen molar-refractivity contribution in [2.24, 2.45) is 7.05 Å². The number of aromatic amines is 1. The summed E-state index contributed by atoms with van der Waals surface area (Å²) in [7, 11) is 1.82. The molecule has 1 saturated heterocycles. The molecule has 274 valence electrons. The molecule has 1 atom stereocenters. The molecule has 4 aromatic carbocycles. The van der Waals surface area contributed by atoms with Crippen molar-refractivity contribution < 1.29 is 19.2 Å². The van der Waals surface area contributed by atoms with Crippen LogP contribution in [-0.2, 0) is 31.3 Å². The quantitative estimate of drug-likeness (QED) is 0.133. The molecule has 1 N–H and O–H groups in total. The van der Waals surface area contributed by atoms with Gasteiger partial charge >= 0.3 is 0 Å². The van der Waals surface area contributed by atoms with Gasteiger partial charge in [-0.3, -0.25) is 29.7 Å². The lowest BCUT2D eigenvalue weighted by Gasteiger charge is -2.40. The van der Waals surface area contributed by atoms with Crippen LogP contribution in [0.3, 0.4) is 0 Å². The molecule has 6 aromatic rings. The second-order valence-corrected chi connectivity index (χ2v) is 14.1. The van der Waals surface area contributed by atoms with Gasteiger partial charge in [-0.05, 0) is 60.4 Å². The third-order valence-electron chi connectivity index (χ3n) is 10.8. The van der Waals surface area contributed by atoms with Crippen molar-refractivity contribution in [3.05, 3.63) is 147 Å². The summed E-state index contributed by atoms with van der Waals surface area (Å²) in [6.45, 7) is 6.16. The number of hydrogen-bond donors (Lipinski definition) is 1. The van der Waals surface area contributed by atoms with E-state index < -0.39 is 4.92 Å². The lowest BCUT2D eigenvalue weighted by atomic mass is 9.92. The third-order valence-corrected chi connectivity index (χ3v) is 10.8. The number of amides is 2. The topological polar surface area (TPSA) is 130 Å². The average Bonchev–Trinajstić information content (AvgIpc) is 3.79.